The summed E-state index contributed by atoms with van der Waals surface area (Å²) in [7, 11) is -2.72. The molecule has 10 heteroatoms. The quantitative estimate of drug-likeness (QED) is 0.131. The van der Waals surface area contributed by atoms with E-state index in [4.69, 9.17) is 13.7 Å². The van der Waals surface area contributed by atoms with Crippen molar-refractivity contribution in [3.63, 3.8) is 0 Å². The Hall–Kier alpha value is -4.93. The number of ether oxygens (including phenoxy) is 1. The number of benzene rings is 4. The lowest BCUT2D eigenvalue weighted by Gasteiger charge is -2.22. The number of amides is 2. The number of carbonyl (C=O) groups is 2. The molecule has 1 unspecified atom stereocenters. The summed E-state index contributed by atoms with van der Waals surface area (Å²) in [5.74, 6) is -0.769. The minimum Gasteiger partial charge on any atom is -0.496 e. The number of methoxy groups -OCH3 is 1. The van der Waals surface area contributed by atoms with Crippen LogP contribution in [0, 0.1) is 0 Å². The first-order chi connectivity index (χ1) is 22.3. The van der Waals surface area contributed by atoms with Crippen molar-refractivity contribution in [2.75, 3.05) is 24.7 Å². The highest BCUT2D eigenvalue weighted by atomic mass is 32.2. The number of hydrogen-bond donors (Lipinski definition) is 3. The number of furan rings is 1. The van der Waals surface area contributed by atoms with Crippen molar-refractivity contribution in [1.29, 1.82) is 0 Å². The largest absolute Gasteiger partial charge is 0.496 e. The van der Waals surface area contributed by atoms with Crippen molar-refractivity contribution in [2.45, 2.75) is 38.5 Å². The Bertz CT molecular complexity index is 1960. The number of fused-ring (bicyclic) bond motifs is 1. The van der Waals surface area contributed by atoms with Gasteiger partial charge in [0.15, 0.2) is 0 Å². The van der Waals surface area contributed by atoms with Crippen LogP contribution in [-0.4, -0.2) is 44.2 Å². The molecule has 0 spiro atoms. The maximum absolute atomic E-state index is 13.9. The van der Waals surface area contributed by atoms with Gasteiger partial charge in [-0.2, -0.15) is 8.42 Å². The van der Waals surface area contributed by atoms with Gasteiger partial charge < -0.3 is 19.8 Å². The van der Waals surface area contributed by atoms with Crippen LogP contribution in [0.4, 0.5) is 5.69 Å². The number of rotatable bonds is 11. The molecular weight excluding hydrogens is 616 g/mol. The van der Waals surface area contributed by atoms with Gasteiger partial charge in [-0.05, 0) is 77.1 Å². The zero-order chi connectivity index (χ0) is 33.8. The first-order valence-corrected chi connectivity index (χ1v) is 16.8. The highest BCUT2D eigenvalue weighted by molar-refractivity contribution is 7.85. The molecule has 5 rings (SSSR count). The van der Waals surface area contributed by atoms with Crippen LogP contribution in [0.3, 0.4) is 0 Å². The number of carbonyl (C=O) groups excluding carboxylic acids is 2. The molecule has 4 aromatic carbocycles. The lowest BCUT2D eigenvalue weighted by atomic mass is 9.84. The third-order valence-corrected chi connectivity index (χ3v) is 8.70. The smallest absolute Gasteiger partial charge is 0.266 e. The Kier molecular flexibility index (Phi) is 9.83. The maximum Gasteiger partial charge on any atom is 0.266 e. The first kappa shape index (κ1) is 33.4. The minimum absolute atomic E-state index is 0.0567. The molecule has 1 heterocycles. The number of para-hydroxylation sites is 1. The SMILES string of the molecule is COc1cc(C(=O)NCCS(=O)(=O)O)ccc1CC(C(=O)Nc1ccc(-c2cc3ccccc3o2)cc1)c1ccc(C(C)(C)C)cc1. The van der Waals surface area contributed by atoms with E-state index in [1.807, 2.05) is 78.9 Å². The Labute approximate surface area is 274 Å². The summed E-state index contributed by atoms with van der Waals surface area (Å²) in [5.41, 5.74) is 5.20. The van der Waals surface area contributed by atoms with E-state index >= 15 is 0 Å². The van der Waals surface area contributed by atoms with Crippen molar-refractivity contribution in [3.05, 3.63) is 119 Å². The van der Waals surface area contributed by atoms with Gasteiger partial charge in [-0.1, -0.05) is 69.3 Å². The zero-order valence-electron chi connectivity index (χ0n) is 26.7. The Morgan fingerprint density at radius 3 is 2.26 bits per heavy atom. The van der Waals surface area contributed by atoms with Crippen LogP contribution in [0.15, 0.2) is 101 Å². The monoisotopic (exact) mass is 654 g/mol. The van der Waals surface area contributed by atoms with Crippen molar-refractivity contribution in [2.24, 2.45) is 0 Å². The second-order valence-electron chi connectivity index (χ2n) is 12.4. The molecule has 9 nitrogen and oxygen atoms in total. The second-order valence-corrected chi connectivity index (χ2v) is 14.0. The van der Waals surface area contributed by atoms with Crippen molar-refractivity contribution < 1.29 is 31.7 Å². The van der Waals surface area contributed by atoms with E-state index in [0.29, 0.717) is 17.0 Å². The van der Waals surface area contributed by atoms with Gasteiger partial charge in [0, 0.05) is 28.7 Å². The maximum atomic E-state index is 13.9. The van der Waals surface area contributed by atoms with Crippen LogP contribution in [0.2, 0.25) is 0 Å². The van der Waals surface area contributed by atoms with Gasteiger partial charge in [-0.25, -0.2) is 0 Å². The molecule has 1 aromatic heterocycles. The van der Waals surface area contributed by atoms with Gasteiger partial charge in [-0.3, -0.25) is 14.1 Å². The van der Waals surface area contributed by atoms with Crippen molar-refractivity contribution in [1.82, 2.24) is 5.32 Å². The molecule has 3 N–H and O–H groups in total. The van der Waals surface area contributed by atoms with E-state index in [0.717, 1.165) is 33.4 Å². The predicted octanol–water partition coefficient (Wildman–Crippen LogP) is 6.99. The van der Waals surface area contributed by atoms with Crippen molar-refractivity contribution >= 4 is 38.6 Å². The fraction of sp³-hybridized carbons (Fsp3) is 0.243. The van der Waals surface area contributed by atoms with E-state index < -0.39 is 27.7 Å². The number of hydrogen-bond acceptors (Lipinski definition) is 6. The molecular formula is C37H38N2O7S. The zero-order valence-corrected chi connectivity index (χ0v) is 27.6. The average Bonchev–Trinajstić information content (AvgIpc) is 3.47. The van der Waals surface area contributed by atoms with Gasteiger partial charge in [0.2, 0.25) is 5.91 Å². The normalized spacial score (nSPS) is 12.4. The molecule has 47 heavy (non-hydrogen) atoms. The third-order valence-electron chi connectivity index (χ3n) is 7.98. The van der Waals surface area contributed by atoms with Gasteiger partial charge >= 0.3 is 0 Å². The molecule has 1 atom stereocenters. The summed E-state index contributed by atoms with van der Waals surface area (Å²) < 4.78 is 42.6. The third kappa shape index (κ3) is 8.46. The number of anilines is 1. The Balaban J connectivity index is 1.38. The molecule has 0 aliphatic rings. The molecule has 0 bridgehead atoms. The van der Waals surface area contributed by atoms with Gasteiger partial charge in [-0.15, -0.1) is 0 Å². The lowest BCUT2D eigenvalue weighted by molar-refractivity contribution is -0.117. The standard InChI is InChI=1S/C37H38N2O7S/c1-37(2,3)29-15-11-24(12-16-29)31(21-27-9-10-28(23-33(27)45-4)35(40)38-19-20-47(42,43)44)36(41)39-30-17-13-25(14-18-30)34-22-26-7-5-6-8-32(26)46-34/h5-18,22-23,31H,19-21H2,1-4H3,(H,38,40)(H,39,41)(H,42,43,44). The minimum atomic E-state index is -4.21. The summed E-state index contributed by atoms with van der Waals surface area (Å²) in [4.78, 5) is 26.6. The fourth-order valence-electron chi connectivity index (χ4n) is 5.32. The van der Waals surface area contributed by atoms with Crippen LogP contribution in [0.25, 0.3) is 22.3 Å². The van der Waals surface area contributed by atoms with E-state index in [2.05, 4.69) is 31.4 Å². The molecule has 0 aliphatic carbocycles. The topological polar surface area (TPSA) is 135 Å². The lowest BCUT2D eigenvalue weighted by Crippen LogP contribution is -2.29. The van der Waals surface area contributed by atoms with E-state index in [-0.39, 0.29) is 29.9 Å². The van der Waals surface area contributed by atoms with Crippen LogP contribution in [0.1, 0.15) is 53.7 Å². The molecule has 0 aliphatic heterocycles. The van der Waals surface area contributed by atoms with Crippen LogP contribution >= 0.6 is 0 Å². The van der Waals surface area contributed by atoms with Gasteiger partial charge in [0.05, 0.1) is 18.8 Å². The highest BCUT2D eigenvalue weighted by Crippen LogP contribution is 2.32. The summed E-state index contributed by atoms with van der Waals surface area (Å²) in [6.45, 7) is 6.15. The van der Waals surface area contributed by atoms with Gasteiger partial charge in [0.25, 0.3) is 16.0 Å². The van der Waals surface area contributed by atoms with Crippen LogP contribution in [0.5, 0.6) is 5.75 Å². The Morgan fingerprint density at radius 1 is 0.915 bits per heavy atom. The first-order valence-electron chi connectivity index (χ1n) is 15.2. The molecule has 0 saturated carbocycles. The molecule has 0 radical (unpaired) electrons. The molecule has 0 saturated heterocycles. The van der Waals surface area contributed by atoms with E-state index in [1.165, 1.54) is 7.11 Å². The van der Waals surface area contributed by atoms with Crippen molar-refractivity contribution in [3.8, 4) is 17.1 Å². The molecule has 244 valence electrons. The summed E-state index contributed by atoms with van der Waals surface area (Å²) in [6.07, 6.45) is 0.283. The molecule has 0 fully saturated rings. The average molecular weight is 655 g/mol. The predicted molar refractivity (Wildman–Crippen MR) is 184 cm³/mol. The Morgan fingerprint density at radius 2 is 1.62 bits per heavy atom. The fourth-order valence-corrected chi connectivity index (χ4v) is 5.68. The summed E-state index contributed by atoms with van der Waals surface area (Å²) in [5, 5.41) is 6.56. The highest BCUT2D eigenvalue weighted by Gasteiger charge is 2.25. The van der Waals surface area contributed by atoms with Gasteiger partial charge in [0.1, 0.15) is 17.1 Å². The van der Waals surface area contributed by atoms with Crippen LogP contribution < -0.4 is 15.4 Å². The summed E-state index contributed by atoms with van der Waals surface area (Å²) in [6, 6.07) is 30.2. The molecule has 2 amide bonds. The second kappa shape index (κ2) is 13.8. The van der Waals surface area contributed by atoms with Crippen LogP contribution in [-0.2, 0) is 26.7 Å². The van der Waals surface area contributed by atoms with E-state index in [1.54, 1.807) is 18.2 Å². The van der Waals surface area contributed by atoms with E-state index in [9.17, 15) is 18.0 Å². The molecule has 5 aromatic rings. The number of nitrogens with one attached hydrogen (secondary N) is 2. The summed E-state index contributed by atoms with van der Waals surface area (Å²) >= 11 is 0.